The molecule has 1 unspecified atom stereocenters. The van der Waals surface area contributed by atoms with Gasteiger partial charge < -0.3 is 21.2 Å². The third-order valence-electron chi connectivity index (χ3n) is 4.69. The lowest BCUT2D eigenvalue weighted by molar-refractivity contribution is 0.242. The second kappa shape index (κ2) is 8.22. The number of likely N-dealkylation sites (N-methyl/N-ethyl adjacent to an activating group) is 1. The maximum absolute atomic E-state index is 6.22. The Hall–Kier alpha value is -2.87. The largest absolute Gasteiger partial charge is 0.424 e. The second-order valence-electron chi connectivity index (χ2n) is 6.58. The molecule has 27 heavy (non-hydrogen) atoms. The Morgan fingerprint density at radius 1 is 1.41 bits per heavy atom. The van der Waals surface area contributed by atoms with Crippen molar-refractivity contribution in [1.29, 1.82) is 0 Å². The lowest BCUT2D eigenvalue weighted by Gasteiger charge is -2.24. The molecule has 8 heteroatoms. The topological polar surface area (TPSA) is 118 Å². The Bertz CT molecular complexity index is 883. The van der Waals surface area contributed by atoms with E-state index in [2.05, 4.69) is 33.9 Å². The van der Waals surface area contributed by atoms with Crippen molar-refractivity contribution in [2.24, 2.45) is 15.8 Å². The first-order valence-electron chi connectivity index (χ1n) is 9.22. The van der Waals surface area contributed by atoms with Gasteiger partial charge in [0.05, 0.1) is 11.8 Å². The van der Waals surface area contributed by atoms with Gasteiger partial charge >= 0.3 is 0 Å². The molecule has 1 aliphatic heterocycles. The van der Waals surface area contributed by atoms with Crippen molar-refractivity contribution in [1.82, 2.24) is 15.3 Å². The van der Waals surface area contributed by atoms with Gasteiger partial charge in [-0.25, -0.2) is 4.99 Å². The van der Waals surface area contributed by atoms with Gasteiger partial charge in [-0.05, 0) is 38.4 Å². The molecular weight excluding hydrogens is 342 g/mol. The number of oxazole rings is 1. The first-order valence-corrected chi connectivity index (χ1v) is 9.22. The van der Waals surface area contributed by atoms with Crippen molar-refractivity contribution in [3.8, 4) is 0 Å². The SMILES string of the molecule is C=N/C(N)=C1/C(c2ccc3oc(N)nc3c2)=NN(CCCCC)C1CNC. The van der Waals surface area contributed by atoms with Crippen molar-refractivity contribution in [2.75, 3.05) is 25.9 Å². The molecule has 1 aliphatic rings. The van der Waals surface area contributed by atoms with Crippen molar-refractivity contribution < 1.29 is 4.42 Å². The molecule has 144 valence electrons. The van der Waals surface area contributed by atoms with E-state index in [-0.39, 0.29) is 12.1 Å². The highest BCUT2D eigenvalue weighted by molar-refractivity contribution is 6.15. The van der Waals surface area contributed by atoms with Crippen LogP contribution < -0.4 is 16.8 Å². The van der Waals surface area contributed by atoms with Crippen molar-refractivity contribution >= 4 is 29.5 Å². The van der Waals surface area contributed by atoms with Gasteiger partial charge in [-0.2, -0.15) is 10.1 Å². The molecule has 0 saturated carbocycles. The highest BCUT2D eigenvalue weighted by Gasteiger charge is 2.34. The number of nitrogen functional groups attached to an aromatic ring is 1. The lowest BCUT2D eigenvalue weighted by atomic mass is 9.96. The first kappa shape index (κ1) is 18.9. The summed E-state index contributed by atoms with van der Waals surface area (Å²) in [6.07, 6.45) is 3.39. The molecule has 0 radical (unpaired) electrons. The molecule has 1 aromatic heterocycles. The fourth-order valence-electron chi connectivity index (χ4n) is 3.37. The van der Waals surface area contributed by atoms with Gasteiger partial charge in [-0.3, -0.25) is 5.01 Å². The van der Waals surface area contributed by atoms with Crippen molar-refractivity contribution in [3.63, 3.8) is 0 Å². The van der Waals surface area contributed by atoms with Crippen LogP contribution in [0, 0.1) is 0 Å². The van der Waals surface area contributed by atoms with Crippen molar-refractivity contribution in [3.05, 3.63) is 35.2 Å². The van der Waals surface area contributed by atoms with E-state index in [9.17, 15) is 0 Å². The van der Waals surface area contributed by atoms with Gasteiger partial charge in [-0.1, -0.05) is 19.8 Å². The number of nitrogens with zero attached hydrogens (tertiary/aromatic N) is 4. The molecule has 8 nitrogen and oxygen atoms in total. The Kier molecular flexibility index (Phi) is 5.75. The zero-order valence-corrected chi connectivity index (χ0v) is 15.9. The average Bonchev–Trinajstić information content (AvgIpc) is 3.21. The molecular formula is C19H27N7O. The van der Waals surface area contributed by atoms with E-state index in [1.165, 1.54) is 0 Å². The van der Waals surface area contributed by atoms with E-state index >= 15 is 0 Å². The van der Waals surface area contributed by atoms with Gasteiger partial charge in [0.25, 0.3) is 6.01 Å². The van der Waals surface area contributed by atoms with Crippen LogP contribution in [0.1, 0.15) is 31.7 Å². The van der Waals surface area contributed by atoms with Crippen LogP contribution in [-0.4, -0.2) is 48.6 Å². The number of aromatic nitrogens is 1. The normalized spacial score (nSPS) is 18.8. The summed E-state index contributed by atoms with van der Waals surface area (Å²) in [5.41, 5.74) is 15.8. The molecule has 5 N–H and O–H groups in total. The molecule has 2 heterocycles. The monoisotopic (exact) mass is 369 g/mol. The van der Waals surface area contributed by atoms with Crippen LogP contribution in [0.5, 0.6) is 0 Å². The minimum absolute atomic E-state index is 0.00503. The van der Waals surface area contributed by atoms with E-state index in [0.29, 0.717) is 23.5 Å². The summed E-state index contributed by atoms with van der Waals surface area (Å²) in [7, 11) is 1.92. The second-order valence-corrected chi connectivity index (χ2v) is 6.58. The number of rotatable bonds is 8. The van der Waals surface area contributed by atoms with Crippen LogP contribution in [0.25, 0.3) is 11.1 Å². The predicted molar refractivity (Wildman–Crippen MR) is 110 cm³/mol. The van der Waals surface area contributed by atoms with Crippen molar-refractivity contribution in [2.45, 2.75) is 32.2 Å². The number of hydrazone groups is 1. The molecule has 0 bridgehead atoms. The third-order valence-corrected chi connectivity index (χ3v) is 4.69. The predicted octanol–water partition coefficient (Wildman–Crippen LogP) is 2.08. The Labute approximate surface area is 159 Å². The minimum atomic E-state index is 0.00503. The number of hydrogen-bond donors (Lipinski definition) is 3. The summed E-state index contributed by atoms with van der Waals surface area (Å²) in [6, 6.07) is 5.85. The summed E-state index contributed by atoms with van der Waals surface area (Å²) in [6.45, 7) is 7.37. The Morgan fingerprint density at radius 3 is 2.93 bits per heavy atom. The number of aliphatic imine (C=N–C) groups is 1. The quantitative estimate of drug-likeness (QED) is 0.484. The molecule has 0 spiro atoms. The number of unbranched alkanes of at least 4 members (excludes halogenated alkanes) is 2. The standard InChI is InChI=1S/C19H27N7O/c1-4-5-6-9-26-14(11-22-2)16(18(20)23-3)17(25-26)12-7-8-15-13(10-12)24-19(21)27-15/h7-8,10,14,22H,3-6,9,11,20H2,1-2H3,(H2,21,24)/b18-16+. The molecule has 0 amide bonds. The van der Waals surface area contributed by atoms with Gasteiger partial charge in [0.2, 0.25) is 0 Å². The summed E-state index contributed by atoms with van der Waals surface area (Å²) >= 11 is 0. The van der Waals surface area contributed by atoms with Gasteiger partial charge in [-0.15, -0.1) is 0 Å². The van der Waals surface area contributed by atoms with Crippen LogP contribution in [0.15, 0.2) is 44.1 Å². The lowest BCUT2D eigenvalue weighted by Crippen LogP contribution is -2.38. The number of nitrogens with two attached hydrogens (primary N) is 2. The average molecular weight is 369 g/mol. The summed E-state index contributed by atoms with van der Waals surface area (Å²) in [4.78, 5) is 8.21. The number of fused-ring (bicyclic) bond motifs is 1. The molecule has 1 atom stereocenters. The Balaban J connectivity index is 2.04. The van der Waals surface area contributed by atoms with Crippen LogP contribution in [-0.2, 0) is 0 Å². The van der Waals surface area contributed by atoms with Gasteiger partial charge in [0.1, 0.15) is 11.3 Å². The highest BCUT2D eigenvalue weighted by atomic mass is 16.4. The van der Waals surface area contributed by atoms with Crippen LogP contribution in [0.3, 0.4) is 0 Å². The molecule has 0 aliphatic carbocycles. The number of anilines is 1. The summed E-state index contributed by atoms with van der Waals surface area (Å²) in [5, 5.41) is 10.2. The molecule has 0 saturated heterocycles. The summed E-state index contributed by atoms with van der Waals surface area (Å²) in [5.74, 6) is 0.395. The highest BCUT2D eigenvalue weighted by Crippen LogP contribution is 2.29. The smallest absolute Gasteiger partial charge is 0.292 e. The van der Waals surface area contributed by atoms with Gasteiger partial charge in [0, 0.05) is 24.2 Å². The fourth-order valence-corrected chi connectivity index (χ4v) is 3.37. The van der Waals surface area contributed by atoms with E-state index < -0.39 is 0 Å². The zero-order valence-electron chi connectivity index (χ0n) is 15.9. The molecule has 0 fully saturated rings. The van der Waals surface area contributed by atoms with Crippen LogP contribution >= 0.6 is 0 Å². The van der Waals surface area contributed by atoms with Gasteiger partial charge in [0.15, 0.2) is 5.58 Å². The molecule has 1 aromatic carbocycles. The van der Waals surface area contributed by atoms with Crippen LogP contribution in [0.2, 0.25) is 0 Å². The van der Waals surface area contributed by atoms with Crippen LogP contribution in [0.4, 0.5) is 6.01 Å². The number of nitrogens with one attached hydrogen (secondary N) is 1. The number of benzene rings is 1. The zero-order chi connectivity index (χ0) is 19.4. The molecule has 3 rings (SSSR count). The maximum Gasteiger partial charge on any atom is 0.292 e. The summed E-state index contributed by atoms with van der Waals surface area (Å²) < 4.78 is 5.37. The number of hydrogen-bond acceptors (Lipinski definition) is 8. The minimum Gasteiger partial charge on any atom is -0.424 e. The Morgan fingerprint density at radius 2 is 2.22 bits per heavy atom. The van der Waals surface area contributed by atoms with E-state index in [1.54, 1.807) is 0 Å². The fraction of sp³-hybridized carbons (Fsp3) is 0.421. The third kappa shape index (κ3) is 3.80. The van der Waals surface area contributed by atoms with E-state index in [4.69, 9.17) is 21.0 Å². The van der Waals surface area contributed by atoms with E-state index in [0.717, 1.165) is 42.7 Å². The molecule has 2 aromatic rings. The maximum atomic E-state index is 6.22. The van der Waals surface area contributed by atoms with E-state index in [1.807, 2.05) is 25.2 Å². The first-order chi connectivity index (χ1) is 13.1.